The molecule has 0 radical (unpaired) electrons. The molecule has 70 valence electrons. The Morgan fingerprint density at radius 2 is 1.85 bits per heavy atom. The first-order chi connectivity index (χ1) is 5.66. The van der Waals surface area contributed by atoms with Gasteiger partial charge in [-0.1, -0.05) is 0 Å². The molecule has 0 fully saturated rings. The van der Waals surface area contributed by atoms with Crippen LogP contribution in [0.2, 0.25) is 0 Å². The number of nitrogen functional groups attached to an aromatic ring is 1. The highest BCUT2D eigenvalue weighted by atomic mass is 35.5. The number of halogens is 1. The summed E-state index contributed by atoms with van der Waals surface area (Å²) in [5, 5.41) is 0. The minimum atomic E-state index is 0. The number of nitrogens with one attached hydrogen (secondary N) is 1. The van der Waals surface area contributed by atoms with E-state index < -0.39 is 0 Å². The number of fused-ring (bicyclic) bond motifs is 1. The monoisotopic (exact) mass is 199 g/mol. The number of H-pyrrole nitrogens is 1. The quantitative estimate of drug-likeness (QED) is 0.663. The van der Waals surface area contributed by atoms with Crippen molar-refractivity contribution in [1.82, 2.24) is 19.9 Å². The molecule has 0 spiro atoms. The minimum Gasteiger partial charge on any atom is -0.382 e. The van der Waals surface area contributed by atoms with E-state index >= 15 is 0 Å². The Bertz CT molecular complexity index is 436. The standard InChI is InChI=1S/C7H9N5.ClH/c1-3-9-5-6(8)10-4(2)12-7(5)11-3;/h1-2H3,(H3,8,9,10,11,12);1H. The van der Waals surface area contributed by atoms with Gasteiger partial charge in [0.05, 0.1) is 0 Å². The van der Waals surface area contributed by atoms with Crippen LogP contribution in [-0.4, -0.2) is 19.9 Å². The Hall–Kier alpha value is -1.36. The van der Waals surface area contributed by atoms with Gasteiger partial charge >= 0.3 is 0 Å². The van der Waals surface area contributed by atoms with Gasteiger partial charge in [-0.05, 0) is 13.8 Å². The molecular weight excluding hydrogens is 190 g/mol. The normalized spacial score (nSPS) is 10.0. The van der Waals surface area contributed by atoms with Crippen LogP contribution in [0.25, 0.3) is 11.2 Å². The Morgan fingerprint density at radius 1 is 1.15 bits per heavy atom. The molecule has 6 heteroatoms. The van der Waals surface area contributed by atoms with E-state index in [9.17, 15) is 0 Å². The van der Waals surface area contributed by atoms with Crippen LogP contribution in [0.1, 0.15) is 11.6 Å². The Kier molecular flexibility index (Phi) is 2.38. The van der Waals surface area contributed by atoms with E-state index in [2.05, 4.69) is 19.9 Å². The molecule has 0 atom stereocenters. The maximum Gasteiger partial charge on any atom is 0.183 e. The zero-order chi connectivity index (χ0) is 8.72. The molecular formula is C7H10ClN5. The fourth-order valence-electron chi connectivity index (χ4n) is 1.15. The SMILES string of the molecule is Cc1nc(N)c2[nH]c(C)nc2n1.Cl. The Balaban J connectivity index is 0.000000845. The van der Waals surface area contributed by atoms with E-state index in [0.717, 1.165) is 11.3 Å². The lowest BCUT2D eigenvalue weighted by molar-refractivity contribution is 1.08. The molecule has 13 heavy (non-hydrogen) atoms. The van der Waals surface area contributed by atoms with E-state index in [0.29, 0.717) is 17.3 Å². The molecule has 0 aliphatic heterocycles. The van der Waals surface area contributed by atoms with Gasteiger partial charge in [0.15, 0.2) is 11.5 Å². The Morgan fingerprint density at radius 3 is 2.54 bits per heavy atom. The van der Waals surface area contributed by atoms with Crippen molar-refractivity contribution >= 4 is 29.4 Å². The first-order valence-electron chi connectivity index (χ1n) is 3.63. The molecule has 0 saturated heterocycles. The Labute approximate surface area is 81.2 Å². The van der Waals surface area contributed by atoms with E-state index in [1.165, 1.54) is 0 Å². The first kappa shape index (κ1) is 9.73. The average Bonchev–Trinajstić information content (AvgIpc) is 2.29. The summed E-state index contributed by atoms with van der Waals surface area (Å²) in [7, 11) is 0. The molecule has 2 heterocycles. The van der Waals surface area contributed by atoms with Crippen LogP contribution in [0.3, 0.4) is 0 Å². The summed E-state index contributed by atoms with van der Waals surface area (Å²) < 4.78 is 0. The fourth-order valence-corrected chi connectivity index (χ4v) is 1.15. The third-order valence-electron chi connectivity index (χ3n) is 1.61. The van der Waals surface area contributed by atoms with Crippen molar-refractivity contribution in [3.63, 3.8) is 0 Å². The molecule has 0 unspecified atom stereocenters. The molecule has 5 nitrogen and oxygen atoms in total. The van der Waals surface area contributed by atoms with Gasteiger partial charge in [-0.25, -0.2) is 15.0 Å². The number of nitrogens with two attached hydrogens (primary N) is 1. The number of hydrogen-bond acceptors (Lipinski definition) is 4. The largest absolute Gasteiger partial charge is 0.382 e. The smallest absolute Gasteiger partial charge is 0.183 e. The second-order valence-corrected chi connectivity index (χ2v) is 2.68. The van der Waals surface area contributed by atoms with Gasteiger partial charge in [-0.3, -0.25) is 0 Å². The van der Waals surface area contributed by atoms with E-state index in [1.54, 1.807) is 6.92 Å². The number of hydrogen-bond donors (Lipinski definition) is 2. The van der Waals surface area contributed by atoms with Crippen molar-refractivity contribution in [3.05, 3.63) is 11.6 Å². The topological polar surface area (TPSA) is 80.5 Å². The third-order valence-corrected chi connectivity index (χ3v) is 1.61. The maximum absolute atomic E-state index is 5.65. The van der Waals surface area contributed by atoms with Crippen molar-refractivity contribution < 1.29 is 0 Å². The van der Waals surface area contributed by atoms with E-state index in [4.69, 9.17) is 5.73 Å². The zero-order valence-electron chi connectivity index (χ0n) is 7.33. The fraction of sp³-hybridized carbons (Fsp3) is 0.286. The molecule has 3 N–H and O–H groups in total. The molecule has 2 rings (SSSR count). The van der Waals surface area contributed by atoms with Crippen LogP contribution in [0.5, 0.6) is 0 Å². The lowest BCUT2D eigenvalue weighted by Gasteiger charge is -1.94. The highest BCUT2D eigenvalue weighted by molar-refractivity contribution is 5.85. The maximum atomic E-state index is 5.65. The summed E-state index contributed by atoms with van der Waals surface area (Å²) in [5.74, 6) is 1.90. The molecule has 0 aliphatic rings. The van der Waals surface area contributed by atoms with Crippen molar-refractivity contribution in [2.24, 2.45) is 0 Å². The van der Waals surface area contributed by atoms with Crippen LogP contribution >= 0.6 is 12.4 Å². The van der Waals surface area contributed by atoms with Crippen molar-refractivity contribution in [1.29, 1.82) is 0 Å². The number of aryl methyl sites for hydroxylation is 2. The van der Waals surface area contributed by atoms with Gasteiger partial charge in [-0.15, -0.1) is 12.4 Å². The third kappa shape index (κ3) is 1.55. The molecule has 2 aromatic rings. The highest BCUT2D eigenvalue weighted by Crippen LogP contribution is 2.13. The molecule has 0 amide bonds. The van der Waals surface area contributed by atoms with Crippen molar-refractivity contribution in [2.75, 3.05) is 5.73 Å². The van der Waals surface area contributed by atoms with Crippen LogP contribution in [0, 0.1) is 13.8 Å². The number of aromatic amines is 1. The summed E-state index contributed by atoms with van der Waals surface area (Å²) in [6.07, 6.45) is 0. The van der Waals surface area contributed by atoms with Gasteiger partial charge in [0.25, 0.3) is 0 Å². The number of aromatic nitrogens is 4. The average molecular weight is 200 g/mol. The van der Waals surface area contributed by atoms with E-state index in [-0.39, 0.29) is 12.4 Å². The molecule has 0 bridgehead atoms. The number of rotatable bonds is 0. The summed E-state index contributed by atoms with van der Waals surface area (Å²) in [6, 6.07) is 0. The van der Waals surface area contributed by atoms with Gasteiger partial charge in [0.2, 0.25) is 0 Å². The molecule has 0 saturated carbocycles. The van der Waals surface area contributed by atoms with Crippen LogP contribution in [0.4, 0.5) is 5.82 Å². The minimum absolute atomic E-state index is 0. The van der Waals surface area contributed by atoms with Crippen LogP contribution < -0.4 is 5.73 Å². The van der Waals surface area contributed by atoms with E-state index in [1.807, 2.05) is 6.92 Å². The van der Waals surface area contributed by atoms with Gasteiger partial charge in [0, 0.05) is 0 Å². The predicted molar refractivity (Wildman–Crippen MR) is 52.8 cm³/mol. The number of nitrogens with zero attached hydrogens (tertiary/aromatic N) is 3. The second-order valence-electron chi connectivity index (χ2n) is 2.68. The zero-order valence-corrected chi connectivity index (χ0v) is 8.14. The molecule has 0 aromatic carbocycles. The summed E-state index contributed by atoms with van der Waals surface area (Å²) in [6.45, 7) is 3.65. The lowest BCUT2D eigenvalue weighted by Crippen LogP contribution is -1.96. The van der Waals surface area contributed by atoms with Crippen molar-refractivity contribution in [3.8, 4) is 0 Å². The first-order valence-corrected chi connectivity index (χ1v) is 3.63. The van der Waals surface area contributed by atoms with Crippen LogP contribution in [0.15, 0.2) is 0 Å². The van der Waals surface area contributed by atoms with Gasteiger partial charge in [0.1, 0.15) is 17.2 Å². The van der Waals surface area contributed by atoms with Crippen LogP contribution in [-0.2, 0) is 0 Å². The second kappa shape index (κ2) is 3.18. The molecule has 2 aromatic heterocycles. The summed E-state index contributed by atoms with van der Waals surface area (Å²) >= 11 is 0. The predicted octanol–water partition coefficient (Wildman–Crippen LogP) is 0.974. The van der Waals surface area contributed by atoms with Gasteiger partial charge in [-0.2, -0.15) is 0 Å². The summed E-state index contributed by atoms with van der Waals surface area (Å²) in [5.41, 5.74) is 7.01. The number of imidazole rings is 1. The molecule has 0 aliphatic carbocycles. The number of anilines is 1. The van der Waals surface area contributed by atoms with Crippen molar-refractivity contribution in [2.45, 2.75) is 13.8 Å². The lowest BCUT2D eigenvalue weighted by atomic mass is 10.5. The summed E-state index contributed by atoms with van der Waals surface area (Å²) in [4.78, 5) is 15.3. The van der Waals surface area contributed by atoms with Gasteiger partial charge < -0.3 is 10.7 Å². The highest BCUT2D eigenvalue weighted by Gasteiger charge is 2.05.